The highest BCUT2D eigenvalue weighted by molar-refractivity contribution is 5.95. The van der Waals surface area contributed by atoms with E-state index in [2.05, 4.69) is 4.98 Å². The summed E-state index contributed by atoms with van der Waals surface area (Å²) in [5.41, 5.74) is 0.319. The molecule has 0 bridgehead atoms. The Labute approximate surface area is 71.8 Å². The fourth-order valence-electron chi connectivity index (χ4n) is 0.779. The van der Waals surface area contributed by atoms with Crippen LogP contribution in [0.1, 0.15) is 37.2 Å². The number of carbonyl (C=O) groups excluding carboxylic acids is 1. The van der Waals surface area contributed by atoms with Crippen molar-refractivity contribution in [2.75, 3.05) is 0 Å². The van der Waals surface area contributed by atoms with Crippen molar-refractivity contribution in [1.29, 1.82) is 0 Å². The molecule has 0 atom stereocenters. The lowest BCUT2D eigenvalue weighted by Gasteiger charge is -2.12. The maximum Gasteiger partial charge on any atom is 0.263 e. The SMILES string of the molecule is Cc1coc(C(=O)C(C)(C)C)n1. The summed E-state index contributed by atoms with van der Waals surface area (Å²) < 4.78 is 4.99. The second-order valence-corrected chi connectivity index (χ2v) is 3.87. The first-order valence-electron chi connectivity index (χ1n) is 3.88. The van der Waals surface area contributed by atoms with Crippen molar-refractivity contribution in [3.05, 3.63) is 17.8 Å². The Kier molecular flexibility index (Phi) is 2.04. The number of hydrogen-bond donors (Lipinski definition) is 0. The molecule has 0 amide bonds. The predicted octanol–water partition coefficient (Wildman–Crippen LogP) is 2.21. The van der Waals surface area contributed by atoms with E-state index in [9.17, 15) is 4.79 Å². The Bertz CT molecular complexity index is 294. The van der Waals surface area contributed by atoms with Crippen LogP contribution in [0.2, 0.25) is 0 Å². The van der Waals surface area contributed by atoms with Gasteiger partial charge in [0.1, 0.15) is 6.26 Å². The molecule has 0 saturated carbocycles. The van der Waals surface area contributed by atoms with Gasteiger partial charge < -0.3 is 4.42 Å². The Hall–Kier alpha value is -1.12. The van der Waals surface area contributed by atoms with Gasteiger partial charge in [0.15, 0.2) is 0 Å². The Balaban J connectivity index is 2.93. The van der Waals surface area contributed by atoms with Crippen LogP contribution in [0, 0.1) is 12.3 Å². The molecule has 0 fully saturated rings. The second kappa shape index (κ2) is 2.73. The smallest absolute Gasteiger partial charge is 0.263 e. The fraction of sp³-hybridized carbons (Fsp3) is 0.556. The van der Waals surface area contributed by atoms with Crippen molar-refractivity contribution in [3.63, 3.8) is 0 Å². The summed E-state index contributed by atoms with van der Waals surface area (Å²) in [6.45, 7) is 7.32. The number of aromatic nitrogens is 1. The van der Waals surface area contributed by atoms with Gasteiger partial charge in [0, 0.05) is 5.41 Å². The highest BCUT2D eigenvalue weighted by atomic mass is 16.3. The third-order valence-corrected chi connectivity index (χ3v) is 1.49. The lowest BCUT2D eigenvalue weighted by Crippen LogP contribution is -2.20. The lowest BCUT2D eigenvalue weighted by molar-refractivity contribution is 0.0821. The topological polar surface area (TPSA) is 43.1 Å². The summed E-state index contributed by atoms with van der Waals surface area (Å²) >= 11 is 0. The monoisotopic (exact) mass is 167 g/mol. The van der Waals surface area contributed by atoms with Gasteiger partial charge >= 0.3 is 0 Å². The molecule has 3 nitrogen and oxygen atoms in total. The van der Waals surface area contributed by atoms with E-state index in [0.29, 0.717) is 0 Å². The average Bonchev–Trinajstić information content (AvgIpc) is 2.32. The highest BCUT2D eigenvalue weighted by Gasteiger charge is 2.26. The number of aryl methyl sites for hydroxylation is 1. The first-order valence-corrected chi connectivity index (χ1v) is 3.88. The molecular formula is C9H13NO2. The molecule has 0 aliphatic rings. The summed E-state index contributed by atoms with van der Waals surface area (Å²) in [6, 6.07) is 0. The van der Waals surface area contributed by atoms with Gasteiger partial charge in [0.25, 0.3) is 5.89 Å². The summed E-state index contributed by atoms with van der Waals surface area (Å²) in [6.07, 6.45) is 1.49. The predicted molar refractivity (Wildman–Crippen MR) is 45.0 cm³/mol. The Morgan fingerprint density at radius 1 is 1.50 bits per heavy atom. The van der Waals surface area contributed by atoms with Gasteiger partial charge in [-0.25, -0.2) is 4.98 Å². The van der Waals surface area contributed by atoms with Crippen LogP contribution in [0.25, 0.3) is 0 Å². The van der Waals surface area contributed by atoms with Crippen molar-refractivity contribution < 1.29 is 9.21 Å². The molecule has 0 N–H and O–H groups in total. The quantitative estimate of drug-likeness (QED) is 0.602. The lowest BCUT2D eigenvalue weighted by atomic mass is 9.91. The van der Waals surface area contributed by atoms with Gasteiger partial charge in [-0.1, -0.05) is 20.8 Å². The number of nitrogens with zero attached hydrogens (tertiary/aromatic N) is 1. The maximum atomic E-state index is 11.5. The molecular weight excluding hydrogens is 154 g/mol. The van der Waals surface area contributed by atoms with Gasteiger partial charge in [-0.3, -0.25) is 4.79 Å². The zero-order valence-corrected chi connectivity index (χ0v) is 7.84. The van der Waals surface area contributed by atoms with Crippen molar-refractivity contribution in [2.24, 2.45) is 5.41 Å². The van der Waals surface area contributed by atoms with Gasteiger partial charge in [0.2, 0.25) is 5.78 Å². The number of hydrogen-bond acceptors (Lipinski definition) is 3. The molecule has 1 aromatic heterocycles. The normalized spacial score (nSPS) is 11.7. The van der Waals surface area contributed by atoms with Gasteiger partial charge in [0.05, 0.1) is 5.69 Å². The van der Waals surface area contributed by atoms with Crippen LogP contribution >= 0.6 is 0 Å². The van der Waals surface area contributed by atoms with Crippen molar-refractivity contribution in [1.82, 2.24) is 4.98 Å². The second-order valence-electron chi connectivity index (χ2n) is 3.87. The largest absolute Gasteiger partial charge is 0.442 e. The van der Waals surface area contributed by atoms with Gasteiger partial charge in [-0.15, -0.1) is 0 Å². The summed E-state index contributed by atoms with van der Waals surface area (Å²) in [4.78, 5) is 15.5. The molecule has 0 aliphatic heterocycles. The Morgan fingerprint density at radius 3 is 2.42 bits per heavy atom. The van der Waals surface area contributed by atoms with E-state index in [4.69, 9.17) is 4.42 Å². The van der Waals surface area contributed by atoms with E-state index in [1.54, 1.807) is 6.92 Å². The van der Waals surface area contributed by atoms with Crippen LogP contribution in [0.5, 0.6) is 0 Å². The molecule has 1 rings (SSSR count). The molecule has 0 radical (unpaired) electrons. The maximum absolute atomic E-state index is 11.5. The van der Waals surface area contributed by atoms with Gasteiger partial charge in [-0.05, 0) is 6.92 Å². The molecule has 12 heavy (non-hydrogen) atoms. The van der Waals surface area contributed by atoms with E-state index in [0.717, 1.165) is 5.69 Å². The number of Topliss-reactive ketones (excluding diaryl/α,β-unsaturated/α-hetero) is 1. The van der Waals surface area contributed by atoms with Crippen LogP contribution in [-0.4, -0.2) is 10.8 Å². The Morgan fingerprint density at radius 2 is 2.08 bits per heavy atom. The molecule has 0 aliphatic carbocycles. The molecule has 0 aromatic carbocycles. The van der Waals surface area contributed by atoms with Gasteiger partial charge in [-0.2, -0.15) is 0 Å². The van der Waals surface area contributed by atoms with Crippen molar-refractivity contribution in [2.45, 2.75) is 27.7 Å². The molecule has 0 saturated heterocycles. The standard InChI is InChI=1S/C9H13NO2/c1-6-5-12-8(10-6)7(11)9(2,3)4/h5H,1-4H3. The third kappa shape index (κ3) is 1.72. The molecule has 0 spiro atoms. The number of rotatable bonds is 1. The summed E-state index contributed by atoms with van der Waals surface area (Å²) in [5, 5.41) is 0. The molecule has 0 unspecified atom stereocenters. The first-order chi connectivity index (χ1) is 5.41. The van der Waals surface area contributed by atoms with Crippen molar-refractivity contribution in [3.8, 4) is 0 Å². The number of carbonyl (C=O) groups is 1. The zero-order valence-electron chi connectivity index (χ0n) is 7.84. The molecule has 1 aromatic rings. The number of ketones is 1. The van der Waals surface area contributed by atoms with Crippen LogP contribution in [0.4, 0.5) is 0 Å². The van der Waals surface area contributed by atoms with E-state index in [1.807, 2.05) is 20.8 Å². The zero-order chi connectivity index (χ0) is 9.35. The minimum atomic E-state index is -0.419. The molecule has 1 heterocycles. The fourth-order valence-corrected chi connectivity index (χ4v) is 0.779. The van der Waals surface area contributed by atoms with Crippen molar-refractivity contribution >= 4 is 5.78 Å². The molecule has 66 valence electrons. The van der Waals surface area contributed by atoms with E-state index in [-0.39, 0.29) is 11.7 Å². The highest BCUT2D eigenvalue weighted by Crippen LogP contribution is 2.19. The molecule has 3 heteroatoms. The minimum Gasteiger partial charge on any atom is -0.442 e. The summed E-state index contributed by atoms with van der Waals surface area (Å²) in [7, 11) is 0. The number of oxazole rings is 1. The first kappa shape index (κ1) is 8.97. The average molecular weight is 167 g/mol. The van der Waals surface area contributed by atoms with Crippen LogP contribution in [0.15, 0.2) is 10.7 Å². The minimum absolute atomic E-state index is 0.0596. The van der Waals surface area contributed by atoms with Crippen LogP contribution < -0.4 is 0 Å². The van der Waals surface area contributed by atoms with Crippen LogP contribution in [0.3, 0.4) is 0 Å². The third-order valence-electron chi connectivity index (χ3n) is 1.49. The van der Waals surface area contributed by atoms with E-state index in [1.165, 1.54) is 6.26 Å². The van der Waals surface area contributed by atoms with Crippen LogP contribution in [-0.2, 0) is 0 Å². The summed E-state index contributed by atoms with van der Waals surface area (Å²) in [5.74, 6) is 0.149. The van der Waals surface area contributed by atoms with E-state index >= 15 is 0 Å². The van der Waals surface area contributed by atoms with E-state index < -0.39 is 5.41 Å².